The average Bonchev–Trinajstić information content (AvgIpc) is 3.01. The van der Waals surface area contributed by atoms with Crippen LogP contribution in [0.25, 0.3) is 11.0 Å². The molecule has 3 aromatic rings. The summed E-state index contributed by atoms with van der Waals surface area (Å²) in [6, 6.07) is 6.06. The van der Waals surface area contributed by atoms with Crippen molar-refractivity contribution in [2.24, 2.45) is 0 Å². The van der Waals surface area contributed by atoms with Gasteiger partial charge >= 0.3 is 0 Å². The molecule has 0 saturated heterocycles. The third-order valence-corrected chi connectivity index (χ3v) is 3.89. The topological polar surface area (TPSA) is 88.0 Å². The zero-order valence-corrected chi connectivity index (χ0v) is 13.8. The fourth-order valence-electron chi connectivity index (χ4n) is 2.42. The molecule has 0 saturated carbocycles. The summed E-state index contributed by atoms with van der Waals surface area (Å²) in [6.07, 6.45) is 0. The van der Waals surface area contributed by atoms with Crippen LogP contribution in [-0.4, -0.2) is 28.1 Å². The van der Waals surface area contributed by atoms with E-state index in [0.717, 1.165) is 6.07 Å². The number of nitrogens with zero attached hydrogens (tertiary/aromatic N) is 2. The Morgan fingerprint density at radius 1 is 1.32 bits per heavy atom. The van der Waals surface area contributed by atoms with Gasteiger partial charge in [-0.3, -0.25) is 10.6 Å². The lowest BCUT2D eigenvalue weighted by Gasteiger charge is -2.18. The number of rotatable bonds is 4. The zero-order chi connectivity index (χ0) is 18.1. The summed E-state index contributed by atoms with van der Waals surface area (Å²) >= 11 is 5.71. The van der Waals surface area contributed by atoms with Crippen molar-refractivity contribution < 1.29 is 14.0 Å². The minimum atomic E-state index is -0.639. The fourth-order valence-corrected chi connectivity index (χ4v) is 2.59. The number of nitrogens with one attached hydrogen (secondary N) is 3. The highest BCUT2D eigenvalue weighted by atomic mass is 35.5. The number of hydroxylamine groups is 1. The summed E-state index contributed by atoms with van der Waals surface area (Å²) in [4.78, 5) is 7.08. The third-order valence-electron chi connectivity index (χ3n) is 3.60. The molecule has 3 rings (SSSR count). The van der Waals surface area contributed by atoms with Crippen molar-refractivity contribution in [3.05, 3.63) is 58.4 Å². The minimum absolute atomic E-state index is 0.0676. The van der Waals surface area contributed by atoms with Gasteiger partial charge in [-0.25, -0.2) is 18.8 Å². The molecule has 4 N–H and O–H groups in total. The number of amidine groups is 1. The van der Waals surface area contributed by atoms with Crippen molar-refractivity contribution in [1.29, 1.82) is 5.41 Å². The number of H-pyrrole nitrogens is 1. The average molecular weight is 366 g/mol. The molecule has 0 radical (unpaired) electrons. The molecule has 6 nitrogen and oxygen atoms in total. The summed E-state index contributed by atoms with van der Waals surface area (Å²) in [6.45, 7) is 0.386. The molecular formula is C16H14ClF2N5O. The second-order valence-electron chi connectivity index (χ2n) is 5.29. The van der Waals surface area contributed by atoms with Crippen molar-refractivity contribution >= 4 is 34.2 Å². The van der Waals surface area contributed by atoms with Crippen molar-refractivity contribution in [3.63, 3.8) is 0 Å². The van der Waals surface area contributed by atoms with E-state index < -0.39 is 11.6 Å². The highest BCUT2D eigenvalue weighted by Crippen LogP contribution is 2.25. The summed E-state index contributed by atoms with van der Waals surface area (Å²) in [5.74, 6) is -1.03. The monoisotopic (exact) mass is 365 g/mol. The molecule has 9 heteroatoms. The van der Waals surface area contributed by atoms with E-state index in [4.69, 9.17) is 17.0 Å². The highest BCUT2D eigenvalue weighted by Gasteiger charge is 2.19. The van der Waals surface area contributed by atoms with E-state index in [9.17, 15) is 14.0 Å². The molecule has 0 spiro atoms. The number of imidazole rings is 1. The van der Waals surface area contributed by atoms with Gasteiger partial charge in [-0.15, -0.1) is 0 Å². The molecular weight excluding hydrogens is 352 g/mol. The van der Waals surface area contributed by atoms with Crippen LogP contribution in [0.3, 0.4) is 0 Å². The second kappa shape index (κ2) is 6.75. The number of hydrogen-bond donors (Lipinski definition) is 4. The molecule has 0 atom stereocenters. The van der Waals surface area contributed by atoms with Crippen LogP contribution >= 0.6 is 11.6 Å². The number of hydrogen-bond acceptors (Lipinski definition) is 4. The van der Waals surface area contributed by atoms with Crippen molar-refractivity contribution in [1.82, 2.24) is 15.3 Å². The Morgan fingerprint density at radius 2 is 2.04 bits per heavy atom. The standard InChI is InChI=1S/C16H14ClF2N5O/c1-21-7-13-22-14-9(3-5-12(19)15(14)23-13)16(20)24(25)8-2-4-11(18)10(17)6-8/h2-6,20-21,25H,7H2,1H3,(H,22,23). The van der Waals surface area contributed by atoms with Gasteiger partial charge in [-0.05, 0) is 37.4 Å². The van der Waals surface area contributed by atoms with Gasteiger partial charge in [-0.1, -0.05) is 11.6 Å². The lowest BCUT2D eigenvalue weighted by atomic mass is 10.1. The van der Waals surface area contributed by atoms with Gasteiger partial charge in [0.25, 0.3) is 0 Å². The second-order valence-corrected chi connectivity index (χ2v) is 5.70. The number of aromatic nitrogens is 2. The number of fused-ring (bicyclic) bond motifs is 1. The van der Waals surface area contributed by atoms with Crippen molar-refractivity contribution in [2.75, 3.05) is 12.1 Å². The van der Waals surface area contributed by atoms with E-state index in [0.29, 0.717) is 17.4 Å². The molecule has 1 aromatic heterocycles. The molecule has 0 fully saturated rings. The Kier molecular flexibility index (Phi) is 4.67. The van der Waals surface area contributed by atoms with Crippen LogP contribution in [0.5, 0.6) is 0 Å². The molecule has 0 bridgehead atoms. The Hall–Kier alpha value is -2.55. The normalized spacial score (nSPS) is 11.1. The molecule has 0 amide bonds. The van der Waals surface area contributed by atoms with Crippen molar-refractivity contribution in [3.8, 4) is 0 Å². The predicted molar refractivity (Wildman–Crippen MR) is 91.3 cm³/mol. The molecule has 0 aliphatic carbocycles. The number of anilines is 1. The lowest BCUT2D eigenvalue weighted by Crippen LogP contribution is -2.27. The first-order valence-electron chi connectivity index (χ1n) is 7.27. The SMILES string of the molecule is CNCc1nc2c(F)ccc(C(=N)N(O)c3ccc(F)c(Cl)c3)c2[nH]1. The van der Waals surface area contributed by atoms with Crippen molar-refractivity contribution in [2.45, 2.75) is 6.54 Å². The molecule has 130 valence electrons. The zero-order valence-electron chi connectivity index (χ0n) is 13.1. The summed E-state index contributed by atoms with van der Waals surface area (Å²) < 4.78 is 27.3. The summed E-state index contributed by atoms with van der Waals surface area (Å²) in [5, 5.41) is 21.7. The predicted octanol–water partition coefficient (Wildman–Crippen LogP) is 3.44. The minimum Gasteiger partial charge on any atom is -0.340 e. The Labute approximate surface area is 146 Å². The van der Waals surface area contributed by atoms with Gasteiger partial charge in [0.05, 0.1) is 22.8 Å². The van der Waals surface area contributed by atoms with E-state index in [1.54, 1.807) is 7.05 Å². The van der Waals surface area contributed by atoms with Crippen LogP contribution in [0.1, 0.15) is 11.4 Å². The summed E-state index contributed by atoms with van der Waals surface area (Å²) in [5.41, 5.74) is 0.679. The first-order chi connectivity index (χ1) is 11.9. The Bertz CT molecular complexity index is 959. The smallest absolute Gasteiger partial charge is 0.159 e. The van der Waals surface area contributed by atoms with Crippen LogP contribution < -0.4 is 10.4 Å². The van der Waals surface area contributed by atoms with E-state index in [1.807, 2.05) is 0 Å². The first kappa shape index (κ1) is 17.3. The number of benzene rings is 2. The van der Waals surface area contributed by atoms with Crippen LogP contribution in [0.15, 0.2) is 30.3 Å². The van der Waals surface area contributed by atoms with E-state index in [2.05, 4.69) is 15.3 Å². The first-order valence-corrected chi connectivity index (χ1v) is 7.65. The maximum atomic E-state index is 14.0. The maximum absolute atomic E-state index is 14.0. The van der Waals surface area contributed by atoms with Gasteiger partial charge in [0, 0.05) is 5.56 Å². The van der Waals surface area contributed by atoms with Gasteiger partial charge in [0.15, 0.2) is 11.7 Å². The molecule has 1 heterocycles. The maximum Gasteiger partial charge on any atom is 0.159 e. The fraction of sp³-hybridized carbons (Fsp3) is 0.125. The molecule has 0 unspecified atom stereocenters. The van der Waals surface area contributed by atoms with Crippen LogP contribution in [-0.2, 0) is 6.54 Å². The highest BCUT2D eigenvalue weighted by molar-refractivity contribution is 6.31. The molecule has 25 heavy (non-hydrogen) atoms. The third kappa shape index (κ3) is 3.19. The van der Waals surface area contributed by atoms with E-state index >= 15 is 0 Å². The Morgan fingerprint density at radius 3 is 2.72 bits per heavy atom. The molecule has 0 aliphatic heterocycles. The van der Waals surface area contributed by atoms with Crippen LogP contribution in [0.4, 0.5) is 14.5 Å². The van der Waals surface area contributed by atoms with E-state index in [1.165, 1.54) is 24.3 Å². The van der Waals surface area contributed by atoms with Gasteiger partial charge in [0.2, 0.25) is 0 Å². The number of aromatic amines is 1. The number of halogens is 3. The summed E-state index contributed by atoms with van der Waals surface area (Å²) in [7, 11) is 1.72. The van der Waals surface area contributed by atoms with Gasteiger partial charge in [-0.2, -0.15) is 0 Å². The van der Waals surface area contributed by atoms with Crippen LogP contribution in [0, 0.1) is 17.0 Å². The Balaban J connectivity index is 2.04. The van der Waals surface area contributed by atoms with Crippen LogP contribution in [0.2, 0.25) is 5.02 Å². The lowest BCUT2D eigenvalue weighted by molar-refractivity contribution is 0.312. The molecule has 2 aromatic carbocycles. The molecule has 0 aliphatic rings. The largest absolute Gasteiger partial charge is 0.340 e. The van der Waals surface area contributed by atoms with Gasteiger partial charge < -0.3 is 10.3 Å². The van der Waals surface area contributed by atoms with Gasteiger partial charge in [0.1, 0.15) is 17.2 Å². The van der Waals surface area contributed by atoms with E-state index in [-0.39, 0.29) is 33.1 Å². The quantitative estimate of drug-likeness (QED) is 0.324.